The van der Waals surface area contributed by atoms with Crippen molar-refractivity contribution in [2.24, 2.45) is 0 Å². The van der Waals surface area contributed by atoms with Gasteiger partial charge in [-0.2, -0.15) is 0 Å². The molecule has 0 aliphatic heterocycles. The molecule has 7 radical (unpaired) electrons. The van der Waals surface area contributed by atoms with Gasteiger partial charge in [-0.3, -0.25) is 0 Å². The van der Waals surface area contributed by atoms with Crippen LogP contribution in [-0.4, -0.2) is 47.7 Å². The van der Waals surface area contributed by atoms with E-state index in [-0.39, 0.29) is 0 Å². The molecule has 10 heavy (non-hydrogen) atoms. The van der Waals surface area contributed by atoms with Crippen LogP contribution in [0.15, 0.2) is 12.2 Å². The Hall–Kier alpha value is -0.0603. The fourth-order valence-corrected chi connectivity index (χ4v) is 0.136. The Morgan fingerprint density at radius 2 is 1.30 bits per heavy atom. The summed E-state index contributed by atoms with van der Waals surface area (Å²) in [6.45, 7) is 0. The zero-order valence-corrected chi connectivity index (χ0v) is 7.70. The molecule has 0 atom stereocenters. The van der Waals surface area contributed by atoms with Crippen LogP contribution >= 0.6 is 0 Å². The third kappa shape index (κ3) is 15.7. The van der Waals surface area contributed by atoms with Crippen molar-refractivity contribution in [1.29, 1.82) is 0 Å². The summed E-state index contributed by atoms with van der Waals surface area (Å²) in [5, 5.41) is 18.8. The van der Waals surface area contributed by atoms with Crippen molar-refractivity contribution >= 4 is 47.7 Å². The van der Waals surface area contributed by atoms with Gasteiger partial charge in [-0.05, 0) is 12.2 Å². The van der Waals surface area contributed by atoms with Gasteiger partial charge in [0.1, 0.15) is 0 Å². The summed E-state index contributed by atoms with van der Waals surface area (Å²) in [6.07, 6.45) is 0.769. The van der Waals surface area contributed by atoms with Crippen molar-refractivity contribution in [3.63, 3.8) is 0 Å². The normalized spacial score (nSPS) is 8.20. The van der Waals surface area contributed by atoms with Crippen LogP contribution in [0, 0.1) is 0 Å². The van der Waals surface area contributed by atoms with Gasteiger partial charge in [0.25, 0.3) is 0 Å². The quantitative estimate of drug-likeness (QED) is 0.331. The number of carbonyl (C=O) groups is 2. The Bertz CT molecular complexity index is 125. The average Bonchev–Trinajstić information content (AvgIpc) is 1.89. The molecule has 0 fully saturated rings. The van der Waals surface area contributed by atoms with Crippen molar-refractivity contribution in [2.75, 3.05) is 0 Å². The van der Waals surface area contributed by atoms with Crippen LogP contribution in [0.2, 0.25) is 3.02 Å². The SMILES string of the molecule is O=C([O-])/C=C\C(=O)[O-].[CH3][Ca+2]. The van der Waals surface area contributed by atoms with E-state index in [1.807, 2.05) is 0 Å². The summed E-state index contributed by atoms with van der Waals surface area (Å²) in [4.78, 5) is 18.8. The van der Waals surface area contributed by atoms with Crippen molar-refractivity contribution < 1.29 is 19.8 Å². The second kappa shape index (κ2) is 8.94. The first-order chi connectivity index (χ1) is 4.63. The summed E-state index contributed by atoms with van der Waals surface area (Å²) in [5.41, 5.74) is 0. The van der Waals surface area contributed by atoms with Crippen LogP contribution in [0.1, 0.15) is 0 Å². The van der Waals surface area contributed by atoms with Gasteiger partial charge in [-0.25, -0.2) is 0 Å². The summed E-state index contributed by atoms with van der Waals surface area (Å²) >= 11 is 1.38. The fraction of sp³-hybridized carbons (Fsp3) is 0.200. The minimum absolute atomic E-state index is 0.384. The predicted molar refractivity (Wildman–Crippen MR) is 30.8 cm³/mol. The van der Waals surface area contributed by atoms with E-state index >= 15 is 0 Å². The van der Waals surface area contributed by atoms with E-state index in [1.165, 1.54) is 35.8 Å². The first-order valence-corrected chi connectivity index (χ1v) is 4.64. The molecule has 0 unspecified atom stereocenters. The Kier molecular flexibility index (Phi) is 11.3. The number of carbonyl (C=O) groups excluding carboxylic acids is 2. The van der Waals surface area contributed by atoms with Crippen molar-refractivity contribution in [3.05, 3.63) is 12.2 Å². The number of hydrogen-bond donors (Lipinski definition) is 0. The Labute approximate surface area is 82.2 Å². The van der Waals surface area contributed by atoms with Crippen LogP contribution in [0.4, 0.5) is 0 Å². The molecule has 4 nitrogen and oxygen atoms in total. The molecule has 0 aromatic rings. The number of aliphatic carboxylic acids is 2. The molecule has 0 saturated heterocycles. The van der Waals surface area contributed by atoms with E-state index in [0.29, 0.717) is 12.2 Å². The Morgan fingerprint density at radius 3 is 1.40 bits per heavy atom. The van der Waals surface area contributed by atoms with Gasteiger partial charge in [0.15, 0.2) is 0 Å². The topological polar surface area (TPSA) is 80.3 Å². The number of rotatable bonds is 2. The van der Waals surface area contributed by atoms with Gasteiger partial charge in [0.05, 0.1) is 11.9 Å². The van der Waals surface area contributed by atoms with Gasteiger partial charge in [-0.1, -0.05) is 0 Å². The molecule has 0 aromatic heterocycles. The first kappa shape index (κ1) is 12.6. The maximum absolute atomic E-state index is 9.41. The van der Waals surface area contributed by atoms with Crippen LogP contribution in [0.25, 0.3) is 0 Å². The van der Waals surface area contributed by atoms with Crippen molar-refractivity contribution in [2.45, 2.75) is 3.02 Å². The van der Waals surface area contributed by atoms with Crippen molar-refractivity contribution in [3.8, 4) is 0 Å². The monoisotopic (exact) mass is 169 g/mol. The maximum atomic E-state index is 9.41. The summed E-state index contributed by atoms with van der Waals surface area (Å²) in [6, 6.07) is 0. The van der Waals surface area contributed by atoms with Gasteiger partial charge in [-0.15, -0.1) is 0 Å². The van der Waals surface area contributed by atoms with Gasteiger partial charge < -0.3 is 19.8 Å². The molecule has 0 heterocycles. The van der Waals surface area contributed by atoms with Gasteiger partial charge in [0.2, 0.25) is 0 Å². The molecule has 0 rings (SSSR count). The predicted octanol–water partition coefficient (Wildman–Crippen LogP) is -2.75. The molecule has 0 saturated carbocycles. The second-order valence-electron chi connectivity index (χ2n) is 0.971. The molecule has 0 N–H and O–H groups in total. The molecular formula is C5H5CaO4. The van der Waals surface area contributed by atoms with Crippen LogP contribution < -0.4 is 10.2 Å². The summed E-state index contributed by atoms with van der Waals surface area (Å²) in [5.74, 6) is -3.09. The molecule has 0 aliphatic rings. The van der Waals surface area contributed by atoms with E-state index in [2.05, 4.69) is 3.02 Å². The first-order valence-electron chi connectivity index (χ1n) is 2.43. The average molecular weight is 169 g/mol. The summed E-state index contributed by atoms with van der Waals surface area (Å²) < 4.78 is 2.12. The molecule has 0 aromatic carbocycles. The second-order valence-corrected chi connectivity index (χ2v) is 0.971. The number of hydrogen-bond acceptors (Lipinski definition) is 4. The number of carboxylic acids is 2. The molecule has 0 spiro atoms. The molecular weight excluding hydrogens is 164 g/mol. The van der Waals surface area contributed by atoms with Crippen LogP contribution in [0.5, 0.6) is 0 Å². The van der Waals surface area contributed by atoms with Crippen molar-refractivity contribution in [1.82, 2.24) is 0 Å². The van der Waals surface area contributed by atoms with Gasteiger partial charge >= 0.3 is 38.8 Å². The Morgan fingerprint density at radius 1 is 1.10 bits per heavy atom. The van der Waals surface area contributed by atoms with E-state index in [9.17, 15) is 19.8 Å². The van der Waals surface area contributed by atoms with E-state index in [1.54, 1.807) is 0 Å². The third-order valence-corrected chi connectivity index (χ3v) is 0.355. The van der Waals surface area contributed by atoms with E-state index in [4.69, 9.17) is 0 Å². The van der Waals surface area contributed by atoms with Crippen LogP contribution in [0.3, 0.4) is 0 Å². The summed E-state index contributed by atoms with van der Waals surface area (Å²) in [7, 11) is 0. The zero-order chi connectivity index (χ0) is 8.57. The zero-order valence-electron chi connectivity index (χ0n) is 5.49. The van der Waals surface area contributed by atoms with E-state index < -0.39 is 11.9 Å². The molecule has 51 valence electrons. The van der Waals surface area contributed by atoms with Crippen LogP contribution in [-0.2, 0) is 9.59 Å². The number of carboxylic acid groups (broad SMARTS) is 2. The molecule has 0 aliphatic carbocycles. The third-order valence-electron chi connectivity index (χ3n) is 0.355. The fourth-order valence-electron chi connectivity index (χ4n) is 0.136. The Balaban J connectivity index is 0. The molecule has 0 bridgehead atoms. The standard InChI is InChI=1S/C4H4O4.CH3.Ca/c5-3(6)1-2-4(7)8;;/h1-2H,(H,5,6)(H,7,8);1H3;/q;;+2/p-2/b2-1-;;. The molecule has 5 heteroatoms. The van der Waals surface area contributed by atoms with Gasteiger partial charge in [0, 0.05) is 0 Å². The molecule has 0 amide bonds. The van der Waals surface area contributed by atoms with E-state index in [0.717, 1.165) is 0 Å². The minimum atomic E-state index is -1.55.